The zero-order valence-corrected chi connectivity index (χ0v) is 14.8. The number of unbranched alkanes of at least 4 members (excludes halogenated alkanes) is 1. The van der Waals surface area contributed by atoms with Gasteiger partial charge in [0.1, 0.15) is 9.79 Å². The van der Waals surface area contributed by atoms with Crippen LogP contribution < -0.4 is 0 Å². The van der Waals surface area contributed by atoms with Crippen molar-refractivity contribution in [3.63, 3.8) is 0 Å². The van der Waals surface area contributed by atoms with Gasteiger partial charge in [-0.3, -0.25) is 8.74 Å². The highest BCUT2D eigenvalue weighted by molar-refractivity contribution is 7.87. The van der Waals surface area contributed by atoms with E-state index in [1.807, 2.05) is 6.92 Å². The first kappa shape index (κ1) is 19.3. The lowest BCUT2D eigenvalue weighted by molar-refractivity contribution is 0.0694. The fourth-order valence-electron chi connectivity index (χ4n) is 2.33. The molecule has 0 fully saturated rings. The van der Waals surface area contributed by atoms with Crippen LogP contribution in [-0.4, -0.2) is 39.1 Å². The fraction of sp³-hybridized carbons (Fsp3) is 0.267. The summed E-state index contributed by atoms with van der Waals surface area (Å²) >= 11 is 0. The molecule has 0 saturated heterocycles. The van der Waals surface area contributed by atoms with Crippen LogP contribution in [0.3, 0.4) is 0 Å². The molecule has 2 aromatic carbocycles. The summed E-state index contributed by atoms with van der Waals surface area (Å²) in [7, 11) is -9.33. The molecule has 0 aromatic heterocycles. The van der Waals surface area contributed by atoms with Gasteiger partial charge in [-0.05, 0) is 17.9 Å². The second kappa shape index (κ2) is 7.08. The summed E-state index contributed by atoms with van der Waals surface area (Å²) in [5.74, 6) is -1.56. The van der Waals surface area contributed by atoms with Crippen LogP contribution in [0.5, 0.6) is 0 Å². The highest BCUT2D eigenvalue weighted by Crippen LogP contribution is 2.32. The summed E-state index contributed by atoms with van der Waals surface area (Å²) in [6.45, 7) is 1.64. The summed E-state index contributed by atoms with van der Waals surface area (Å²) in [4.78, 5) is 10.1. The van der Waals surface area contributed by atoms with Crippen molar-refractivity contribution in [3.8, 4) is 0 Å². The number of rotatable bonds is 7. The van der Waals surface area contributed by atoms with Gasteiger partial charge in [0.2, 0.25) is 0 Å². The summed E-state index contributed by atoms with van der Waals surface area (Å²) in [5, 5.41) is 9.22. The molecule has 0 spiro atoms. The van der Waals surface area contributed by atoms with E-state index >= 15 is 0 Å². The van der Waals surface area contributed by atoms with Crippen molar-refractivity contribution in [2.75, 3.05) is 6.61 Å². The predicted molar refractivity (Wildman–Crippen MR) is 88.8 cm³/mol. The molecule has 0 bridgehead atoms. The fourth-order valence-corrected chi connectivity index (χ4v) is 4.30. The molecule has 0 saturated carbocycles. The third kappa shape index (κ3) is 3.98. The first-order valence-electron chi connectivity index (χ1n) is 7.25. The Balaban J connectivity index is 2.88. The van der Waals surface area contributed by atoms with Crippen molar-refractivity contribution < 1.29 is 35.5 Å². The van der Waals surface area contributed by atoms with E-state index in [4.69, 9.17) is 4.18 Å². The Labute approximate surface area is 144 Å². The van der Waals surface area contributed by atoms with Gasteiger partial charge in [-0.25, -0.2) is 4.79 Å². The zero-order valence-electron chi connectivity index (χ0n) is 13.2. The normalized spacial score (nSPS) is 12.4. The Morgan fingerprint density at radius 2 is 1.68 bits per heavy atom. The van der Waals surface area contributed by atoms with E-state index in [1.165, 1.54) is 24.3 Å². The number of aromatic carboxylic acids is 1. The van der Waals surface area contributed by atoms with Crippen LogP contribution in [0.25, 0.3) is 10.8 Å². The topological polar surface area (TPSA) is 135 Å². The molecule has 136 valence electrons. The molecule has 0 amide bonds. The highest BCUT2D eigenvalue weighted by atomic mass is 32.2. The number of carboxylic acids is 1. The van der Waals surface area contributed by atoms with Gasteiger partial charge in [0.05, 0.1) is 12.2 Å². The molecule has 0 unspecified atom stereocenters. The van der Waals surface area contributed by atoms with Crippen LogP contribution >= 0.6 is 0 Å². The predicted octanol–water partition coefficient (Wildman–Crippen LogP) is 2.29. The number of fused-ring (bicyclic) bond motifs is 1. The van der Waals surface area contributed by atoms with E-state index in [0.717, 1.165) is 0 Å². The second-order valence-corrected chi connectivity index (χ2v) is 8.18. The maximum atomic E-state index is 12.4. The average molecular weight is 388 g/mol. The molecule has 0 radical (unpaired) electrons. The van der Waals surface area contributed by atoms with E-state index < -0.39 is 41.6 Å². The molecule has 2 aromatic rings. The number of hydrogen-bond acceptors (Lipinski definition) is 6. The maximum Gasteiger partial charge on any atom is 0.337 e. The minimum atomic E-state index is -4.79. The average Bonchev–Trinajstić information content (AvgIpc) is 2.52. The Morgan fingerprint density at radius 1 is 1.08 bits per heavy atom. The Kier molecular flexibility index (Phi) is 5.47. The monoisotopic (exact) mass is 388 g/mol. The number of carboxylic acid groups (broad SMARTS) is 1. The van der Waals surface area contributed by atoms with Gasteiger partial charge < -0.3 is 5.11 Å². The van der Waals surface area contributed by atoms with Crippen LogP contribution in [0.1, 0.15) is 30.1 Å². The number of hydrogen-bond donors (Lipinski definition) is 2. The van der Waals surface area contributed by atoms with Crippen molar-refractivity contribution in [3.05, 3.63) is 35.9 Å². The van der Waals surface area contributed by atoms with Gasteiger partial charge in [0, 0.05) is 5.39 Å². The van der Waals surface area contributed by atoms with Gasteiger partial charge in [0.15, 0.2) is 0 Å². The smallest absolute Gasteiger partial charge is 0.337 e. The van der Waals surface area contributed by atoms with Crippen LogP contribution in [-0.2, 0) is 24.4 Å². The van der Waals surface area contributed by atoms with Crippen molar-refractivity contribution in [2.24, 2.45) is 0 Å². The van der Waals surface area contributed by atoms with E-state index in [9.17, 15) is 31.3 Å². The molecule has 0 heterocycles. The molecule has 0 atom stereocenters. The minimum Gasteiger partial charge on any atom is -0.478 e. The summed E-state index contributed by atoms with van der Waals surface area (Å²) < 4.78 is 62.3. The summed E-state index contributed by atoms with van der Waals surface area (Å²) in [5.41, 5.74) is -0.612. The molecule has 2 N–H and O–H groups in total. The molecule has 0 aliphatic heterocycles. The van der Waals surface area contributed by atoms with Crippen LogP contribution in [0, 0.1) is 0 Å². The van der Waals surface area contributed by atoms with Crippen LogP contribution in [0.2, 0.25) is 0 Å². The lowest BCUT2D eigenvalue weighted by Crippen LogP contribution is -2.15. The summed E-state index contributed by atoms with van der Waals surface area (Å²) in [6, 6.07) is 6.02. The molecule has 25 heavy (non-hydrogen) atoms. The molecular weight excluding hydrogens is 372 g/mol. The standard InChI is InChI=1S/C15H16O8S2/c1-2-3-8-23-25(21,22)13-9-12(24(18,19)20)10-6-4-5-7-11(10)14(13)15(16)17/h4-7,9H,2-3,8H2,1H3,(H,16,17)(H,18,19,20). The molecule has 0 aliphatic rings. The molecular formula is C15H16O8S2. The lowest BCUT2D eigenvalue weighted by atomic mass is 10.0. The van der Waals surface area contributed by atoms with E-state index in [2.05, 4.69) is 0 Å². The van der Waals surface area contributed by atoms with E-state index in [0.29, 0.717) is 18.9 Å². The lowest BCUT2D eigenvalue weighted by Gasteiger charge is -2.13. The molecule has 8 nitrogen and oxygen atoms in total. The van der Waals surface area contributed by atoms with Gasteiger partial charge in [-0.2, -0.15) is 16.8 Å². The molecule has 0 aliphatic carbocycles. The van der Waals surface area contributed by atoms with Crippen molar-refractivity contribution >= 4 is 37.0 Å². The van der Waals surface area contributed by atoms with Gasteiger partial charge >= 0.3 is 5.97 Å². The SMILES string of the molecule is CCCCOS(=O)(=O)c1cc(S(=O)(=O)O)c2ccccc2c1C(=O)O. The van der Waals surface area contributed by atoms with Crippen molar-refractivity contribution in [1.82, 2.24) is 0 Å². The van der Waals surface area contributed by atoms with Gasteiger partial charge in [-0.1, -0.05) is 37.6 Å². The molecule has 2 rings (SSSR count). The van der Waals surface area contributed by atoms with Crippen molar-refractivity contribution in [2.45, 2.75) is 29.6 Å². The zero-order chi connectivity index (χ0) is 18.8. The maximum absolute atomic E-state index is 12.4. The first-order chi connectivity index (χ1) is 11.6. The number of benzene rings is 2. The highest BCUT2D eigenvalue weighted by Gasteiger charge is 2.29. The third-order valence-electron chi connectivity index (χ3n) is 3.47. The van der Waals surface area contributed by atoms with Gasteiger partial charge in [0.25, 0.3) is 20.2 Å². The second-order valence-electron chi connectivity index (χ2n) is 5.20. The van der Waals surface area contributed by atoms with E-state index in [1.54, 1.807) is 0 Å². The summed E-state index contributed by atoms with van der Waals surface area (Å²) in [6.07, 6.45) is 1.07. The largest absolute Gasteiger partial charge is 0.478 e. The first-order valence-corrected chi connectivity index (χ1v) is 10.1. The third-order valence-corrected chi connectivity index (χ3v) is 5.70. The van der Waals surface area contributed by atoms with Crippen LogP contribution in [0.15, 0.2) is 40.1 Å². The van der Waals surface area contributed by atoms with E-state index in [-0.39, 0.29) is 17.4 Å². The van der Waals surface area contributed by atoms with Crippen molar-refractivity contribution in [1.29, 1.82) is 0 Å². The van der Waals surface area contributed by atoms with Gasteiger partial charge in [-0.15, -0.1) is 0 Å². The Morgan fingerprint density at radius 3 is 2.20 bits per heavy atom. The molecule has 10 heteroatoms. The minimum absolute atomic E-state index is 0.102. The quantitative estimate of drug-likeness (QED) is 0.419. The van der Waals surface area contributed by atoms with Crippen LogP contribution in [0.4, 0.5) is 0 Å². The Bertz CT molecular complexity index is 1020. The number of carbonyl (C=O) groups is 1. The Hall–Kier alpha value is -2.01.